The van der Waals surface area contributed by atoms with Crippen LogP contribution in [-0.4, -0.2) is 53.7 Å². The average molecular weight is 325 g/mol. The molecule has 5 nitrogen and oxygen atoms in total. The highest BCUT2D eigenvalue weighted by molar-refractivity contribution is 5.74. The summed E-state index contributed by atoms with van der Waals surface area (Å²) >= 11 is 0. The summed E-state index contributed by atoms with van der Waals surface area (Å²) < 4.78 is 13.8. The van der Waals surface area contributed by atoms with Gasteiger partial charge in [-0.2, -0.15) is 0 Å². The van der Waals surface area contributed by atoms with Crippen LogP contribution >= 0.6 is 0 Å². The maximum atomic E-state index is 13.8. The van der Waals surface area contributed by atoms with Gasteiger partial charge in [-0.25, -0.2) is 9.18 Å². The van der Waals surface area contributed by atoms with E-state index < -0.39 is 6.10 Å². The third-order valence-corrected chi connectivity index (χ3v) is 3.39. The zero-order valence-electron chi connectivity index (χ0n) is 14.6. The van der Waals surface area contributed by atoms with Crippen molar-refractivity contribution in [3.05, 3.63) is 35.1 Å². The number of aliphatic hydroxyl groups is 1. The van der Waals surface area contributed by atoms with Gasteiger partial charge in [0.05, 0.1) is 6.10 Å². The maximum absolute atomic E-state index is 13.8. The summed E-state index contributed by atoms with van der Waals surface area (Å²) in [4.78, 5) is 15.7. The maximum Gasteiger partial charge on any atom is 0.317 e. The van der Waals surface area contributed by atoms with E-state index in [1.54, 1.807) is 24.0 Å². The molecule has 0 aliphatic carbocycles. The van der Waals surface area contributed by atoms with Gasteiger partial charge in [0, 0.05) is 31.2 Å². The van der Waals surface area contributed by atoms with Crippen molar-refractivity contribution in [1.82, 2.24) is 15.1 Å². The number of nitrogens with zero attached hydrogens (tertiary/aromatic N) is 2. The van der Waals surface area contributed by atoms with Gasteiger partial charge in [0.2, 0.25) is 0 Å². The summed E-state index contributed by atoms with van der Waals surface area (Å²) in [5.41, 5.74) is 1.45. The number of rotatable bonds is 7. The minimum Gasteiger partial charge on any atom is -0.392 e. The van der Waals surface area contributed by atoms with Gasteiger partial charge in [0.25, 0.3) is 0 Å². The first-order valence-electron chi connectivity index (χ1n) is 7.85. The predicted molar refractivity (Wildman–Crippen MR) is 89.5 cm³/mol. The van der Waals surface area contributed by atoms with Gasteiger partial charge in [-0.1, -0.05) is 6.07 Å². The van der Waals surface area contributed by atoms with E-state index in [-0.39, 0.29) is 24.4 Å². The van der Waals surface area contributed by atoms with Crippen molar-refractivity contribution < 1.29 is 14.3 Å². The third-order valence-electron chi connectivity index (χ3n) is 3.39. The fraction of sp³-hybridized carbons (Fsp3) is 0.588. The van der Waals surface area contributed by atoms with E-state index in [2.05, 4.69) is 5.32 Å². The fourth-order valence-electron chi connectivity index (χ4n) is 2.29. The lowest BCUT2D eigenvalue weighted by Crippen LogP contribution is -2.46. The molecule has 0 saturated carbocycles. The van der Waals surface area contributed by atoms with Crippen molar-refractivity contribution in [1.29, 1.82) is 0 Å². The molecule has 130 valence electrons. The Morgan fingerprint density at radius 2 is 1.96 bits per heavy atom. The summed E-state index contributed by atoms with van der Waals surface area (Å²) in [6.45, 7) is 6.55. The lowest BCUT2D eigenvalue weighted by atomic mass is 10.1. The molecule has 1 aromatic rings. The molecule has 0 heterocycles. The molecule has 1 unspecified atom stereocenters. The molecule has 0 fully saturated rings. The van der Waals surface area contributed by atoms with E-state index in [1.807, 2.05) is 32.8 Å². The molecule has 0 aromatic heterocycles. The summed E-state index contributed by atoms with van der Waals surface area (Å²) in [5.74, 6) is -0.244. The average Bonchev–Trinajstić information content (AvgIpc) is 2.44. The van der Waals surface area contributed by atoms with Crippen molar-refractivity contribution in [3.8, 4) is 0 Å². The third kappa shape index (κ3) is 6.54. The Labute approximate surface area is 138 Å². The zero-order chi connectivity index (χ0) is 17.6. The number of amides is 2. The minimum absolute atomic E-state index is 0.0119. The normalized spacial score (nSPS) is 12.6. The molecule has 0 aliphatic rings. The summed E-state index contributed by atoms with van der Waals surface area (Å²) in [6.07, 6.45) is -0.583. The smallest absolute Gasteiger partial charge is 0.317 e. The molecule has 1 aromatic carbocycles. The molecule has 6 heteroatoms. The van der Waals surface area contributed by atoms with Crippen LogP contribution in [0, 0.1) is 5.82 Å². The van der Waals surface area contributed by atoms with Crippen LogP contribution in [0.4, 0.5) is 9.18 Å². The summed E-state index contributed by atoms with van der Waals surface area (Å²) in [6, 6.07) is 4.62. The van der Waals surface area contributed by atoms with E-state index in [9.17, 15) is 14.3 Å². The van der Waals surface area contributed by atoms with Crippen molar-refractivity contribution in [3.63, 3.8) is 0 Å². The number of hydrogen-bond acceptors (Lipinski definition) is 3. The highest BCUT2D eigenvalue weighted by atomic mass is 19.1. The second kappa shape index (κ2) is 8.84. The van der Waals surface area contributed by atoms with Crippen LogP contribution in [0.5, 0.6) is 0 Å². The number of halogens is 1. The highest BCUT2D eigenvalue weighted by Crippen LogP contribution is 2.12. The number of carbonyl (C=O) groups excluding carboxylic acids is 1. The van der Waals surface area contributed by atoms with Crippen LogP contribution in [-0.2, 0) is 13.1 Å². The monoisotopic (exact) mass is 325 g/mol. The van der Waals surface area contributed by atoms with Crippen LogP contribution in [0.15, 0.2) is 18.2 Å². The molecule has 0 bridgehead atoms. The molecular formula is C17H28FN3O2. The Morgan fingerprint density at radius 3 is 2.48 bits per heavy atom. The Bertz CT molecular complexity index is 519. The molecule has 1 rings (SSSR count). The van der Waals surface area contributed by atoms with Gasteiger partial charge in [-0.05, 0) is 52.6 Å². The largest absolute Gasteiger partial charge is 0.392 e. The number of urea groups is 1. The molecule has 0 saturated heterocycles. The van der Waals surface area contributed by atoms with Crippen LogP contribution in [0.2, 0.25) is 0 Å². The molecule has 2 amide bonds. The van der Waals surface area contributed by atoms with Gasteiger partial charge in [-0.15, -0.1) is 0 Å². The number of hydrogen-bond donors (Lipinski definition) is 2. The number of aliphatic hydroxyl groups excluding tert-OH is 1. The number of carbonyl (C=O) groups is 1. The van der Waals surface area contributed by atoms with E-state index in [1.165, 1.54) is 6.07 Å². The summed E-state index contributed by atoms with van der Waals surface area (Å²) in [5, 5.41) is 12.3. The van der Waals surface area contributed by atoms with Gasteiger partial charge in [0.1, 0.15) is 5.82 Å². The molecule has 2 N–H and O–H groups in total. The van der Waals surface area contributed by atoms with Crippen molar-refractivity contribution in [2.24, 2.45) is 0 Å². The first-order valence-corrected chi connectivity index (χ1v) is 7.85. The first kappa shape index (κ1) is 19.4. The van der Waals surface area contributed by atoms with E-state index >= 15 is 0 Å². The molecule has 0 radical (unpaired) electrons. The van der Waals surface area contributed by atoms with E-state index in [0.717, 1.165) is 5.56 Å². The Balaban J connectivity index is 2.71. The minimum atomic E-state index is -0.583. The lowest BCUT2D eigenvalue weighted by Gasteiger charge is -2.28. The van der Waals surface area contributed by atoms with E-state index in [0.29, 0.717) is 18.7 Å². The van der Waals surface area contributed by atoms with Crippen LogP contribution < -0.4 is 5.32 Å². The standard InChI is InChI=1S/C17H28FN3O2/c1-12(2)21(10-13(3)22)17(23)19-9-14-6-7-16(18)15(8-14)11-20(4)5/h6-8,12-13,22H,9-11H2,1-5H3,(H,19,23). The zero-order valence-corrected chi connectivity index (χ0v) is 14.6. The number of nitrogens with one attached hydrogen (secondary N) is 1. The van der Waals surface area contributed by atoms with Crippen LogP contribution in [0.25, 0.3) is 0 Å². The first-order chi connectivity index (χ1) is 10.7. The Kier molecular flexibility index (Phi) is 7.45. The predicted octanol–water partition coefficient (Wildman–Crippen LogP) is 2.19. The Morgan fingerprint density at radius 1 is 1.30 bits per heavy atom. The van der Waals surface area contributed by atoms with Crippen molar-refractivity contribution in [2.75, 3.05) is 20.6 Å². The van der Waals surface area contributed by atoms with Gasteiger partial charge in [0.15, 0.2) is 0 Å². The molecule has 0 spiro atoms. The van der Waals surface area contributed by atoms with Gasteiger partial charge < -0.3 is 20.2 Å². The molecule has 1 atom stereocenters. The van der Waals surface area contributed by atoms with Gasteiger partial charge in [-0.3, -0.25) is 0 Å². The Hall–Kier alpha value is -1.66. The fourth-order valence-corrected chi connectivity index (χ4v) is 2.29. The van der Waals surface area contributed by atoms with Crippen LogP contribution in [0.1, 0.15) is 31.9 Å². The highest BCUT2D eigenvalue weighted by Gasteiger charge is 2.18. The van der Waals surface area contributed by atoms with Crippen molar-refractivity contribution >= 4 is 6.03 Å². The molecule has 0 aliphatic heterocycles. The molecular weight excluding hydrogens is 297 g/mol. The second-order valence-electron chi connectivity index (χ2n) is 6.42. The SMILES string of the molecule is CC(O)CN(C(=O)NCc1ccc(F)c(CN(C)C)c1)C(C)C. The van der Waals surface area contributed by atoms with Gasteiger partial charge >= 0.3 is 6.03 Å². The lowest BCUT2D eigenvalue weighted by molar-refractivity contribution is 0.118. The van der Waals surface area contributed by atoms with Crippen LogP contribution in [0.3, 0.4) is 0 Å². The number of benzene rings is 1. The van der Waals surface area contributed by atoms with Crippen molar-refractivity contribution in [2.45, 2.75) is 46.0 Å². The quantitative estimate of drug-likeness (QED) is 0.808. The topological polar surface area (TPSA) is 55.8 Å². The second-order valence-corrected chi connectivity index (χ2v) is 6.42. The summed E-state index contributed by atoms with van der Waals surface area (Å²) in [7, 11) is 3.76. The van der Waals surface area contributed by atoms with E-state index in [4.69, 9.17) is 0 Å². The molecule has 23 heavy (non-hydrogen) atoms.